The topological polar surface area (TPSA) is 61.9 Å². The molecule has 0 spiro atoms. The van der Waals surface area contributed by atoms with Gasteiger partial charge in [-0.25, -0.2) is 4.98 Å². The molecule has 1 N–H and O–H groups in total. The van der Waals surface area contributed by atoms with Gasteiger partial charge in [0.15, 0.2) is 5.82 Å². The van der Waals surface area contributed by atoms with Gasteiger partial charge in [-0.05, 0) is 37.4 Å². The molecule has 2 rings (SSSR count). The first kappa shape index (κ1) is 13.6. The number of aromatic amines is 1. The Hall–Kier alpha value is -1.82. The van der Waals surface area contributed by atoms with Crippen molar-refractivity contribution in [3.8, 4) is 0 Å². The molecule has 1 amide bonds. The van der Waals surface area contributed by atoms with Crippen LogP contribution in [0.2, 0.25) is 0 Å². The number of H-pyrrole nitrogens is 1. The Kier molecular flexibility index (Phi) is 4.21. The van der Waals surface area contributed by atoms with Crippen molar-refractivity contribution in [2.45, 2.75) is 18.4 Å². The smallest absolute Gasteiger partial charge is 0.254 e. The molecule has 6 heteroatoms. The second-order valence-electron chi connectivity index (χ2n) is 4.23. The van der Waals surface area contributed by atoms with Gasteiger partial charge in [-0.3, -0.25) is 9.89 Å². The van der Waals surface area contributed by atoms with E-state index in [1.807, 2.05) is 37.4 Å². The molecule has 0 aliphatic rings. The van der Waals surface area contributed by atoms with Gasteiger partial charge in [0.2, 0.25) is 0 Å². The summed E-state index contributed by atoms with van der Waals surface area (Å²) in [5.41, 5.74) is 0.674. The summed E-state index contributed by atoms with van der Waals surface area (Å²) < 4.78 is 0. The molecule has 19 heavy (non-hydrogen) atoms. The van der Waals surface area contributed by atoms with E-state index in [0.29, 0.717) is 17.9 Å². The summed E-state index contributed by atoms with van der Waals surface area (Å²) in [5, 5.41) is 6.79. The van der Waals surface area contributed by atoms with Gasteiger partial charge in [-0.2, -0.15) is 5.10 Å². The van der Waals surface area contributed by atoms with Crippen LogP contribution in [0.4, 0.5) is 0 Å². The van der Waals surface area contributed by atoms with Crippen molar-refractivity contribution < 1.29 is 4.79 Å². The second-order valence-corrected chi connectivity index (χ2v) is 5.11. The number of rotatable bonds is 4. The average Bonchev–Trinajstić information content (AvgIpc) is 2.83. The molecule has 1 aromatic heterocycles. The van der Waals surface area contributed by atoms with Crippen LogP contribution in [0.25, 0.3) is 0 Å². The maximum Gasteiger partial charge on any atom is 0.254 e. The molecule has 0 aliphatic carbocycles. The number of nitrogens with one attached hydrogen (secondary N) is 1. The number of carbonyl (C=O) groups excluding carboxylic acids is 1. The monoisotopic (exact) mass is 276 g/mol. The van der Waals surface area contributed by atoms with Crippen molar-refractivity contribution in [2.75, 3.05) is 13.3 Å². The summed E-state index contributed by atoms with van der Waals surface area (Å²) >= 11 is 1.65. The van der Waals surface area contributed by atoms with Gasteiger partial charge in [0.1, 0.15) is 5.82 Å². The van der Waals surface area contributed by atoms with Gasteiger partial charge >= 0.3 is 0 Å². The Morgan fingerprint density at radius 2 is 2.05 bits per heavy atom. The normalized spacial score (nSPS) is 10.5. The number of hydrogen-bond acceptors (Lipinski definition) is 4. The molecule has 100 valence electrons. The summed E-state index contributed by atoms with van der Waals surface area (Å²) in [6.45, 7) is 2.23. The Balaban J connectivity index is 2.05. The lowest BCUT2D eigenvalue weighted by Crippen LogP contribution is -2.26. The first-order valence-corrected chi connectivity index (χ1v) is 7.10. The van der Waals surface area contributed by atoms with Gasteiger partial charge in [0.05, 0.1) is 6.54 Å². The lowest BCUT2D eigenvalue weighted by Gasteiger charge is -2.15. The Morgan fingerprint density at radius 3 is 2.58 bits per heavy atom. The van der Waals surface area contributed by atoms with E-state index in [9.17, 15) is 4.79 Å². The molecule has 0 bridgehead atoms. The van der Waals surface area contributed by atoms with E-state index in [2.05, 4.69) is 15.2 Å². The van der Waals surface area contributed by atoms with Gasteiger partial charge in [-0.15, -0.1) is 11.8 Å². The standard InChI is InChI=1S/C13H16N4OS/c1-9-14-12(16-15-9)8-17(2)13(18)10-4-6-11(19-3)7-5-10/h4-7H,8H2,1-3H3,(H,14,15,16). The highest BCUT2D eigenvalue weighted by Crippen LogP contribution is 2.16. The lowest BCUT2D eigenvalue weighted by molar-refractivity contribution is 0.0781. The van der Waals surface area contributed by atoms with Crippen LogP contribution < -0.4 is 0 Å². The van der Waals surface area contributed by atoms with E-state index in [1.54, 1.807) is 23.7 Å². The number of aromatic nitrogens is 3. The van der Waals surface area contributed by atoms with E-state index in [1.165, 1.54) is 0 Å². The van der Waals surface area contributed by atoms with Gasteiger partial charge in [-0.1, -0.05) is 0 Å². The van der Waals surface area contributed by atoms with Crippen LogP contribution in [0.1, 0.15) is 22.0 Å². The SMILES string of the molecule is CSc1ccc(C(=O)N(C)Cc2n[nH]c(C)n2)cc1. The number of hydrogen-bond donors (Lipinski definition) is 1. The molecule has 0 radical (unpaired) electrons. The summed E-state index contributed by atoms with van der Waals surface area (Å²) in [6, 6.07) is 7.58. The van der Waals surface area contributed by atoms with Crippen molar-refractivity contribution >= 4 is 17.7 Å². The Labute approximate surface area is 116 Å². The van der Waals surface area contributed by atoms with Crippen molar-refractivity contribution in [3.63, 3.8) is 0 Å². The highest BCUT2D eigenvalue weighted by Gasteiger charge is 2.13. The van der Waals surface area contributed by atoms with Crippen LogP contribution in [0, 0.1) is 6.92 Å². The summed E-state index contributed by atoms with van der Waals surface area (Å²) in [7, 11) is 1.75. The molecule has 0 fully saturated rings. The largest absolute Gasteiger partial charge is 0.334 e. The zero-order chi connectivity index (χ0) is 13.8. The molecule has 0 saturated heterocycles. The number of thioether (sulfide) groups is 1. The lowest BCUT2D eigenvalue weighted by atomic mass is 10.2. The fourth-order valence-electron chi connectivity index (χ4n) is 1.70. The van der Waals surface area contributed by atoms with Gasteiger partial charge < -0.3 is 4.90 Å². The highest BCUT2D eigenvalue weighted by atomic mass is 32.2. The molecule has 1 heterocycles. The molecule has 0 unspecified atom stereocenters. The predicted octanol–water partition coefficient (Wildman–Crippen LogP) is 2.11. The van der Waals surface area contributed by atoms with E-state index in [4.69, 9.17) is 0 Å². The molecule has 2 aromatic rings. The quantitative estimate of drug-likeness (QED) is 0.869. The minimum atomic E-state index is -0.0323. The van der Waals surface area contributed by atoms with E-state index < -0.39 is 0 Å². The molecule has 0 atom stereocenters. The number of nitrogens with zero attached hydrogens (tertiary/aromatic N) is 3. The number of aryl methyl sites for hydroxylation is 1. The Bertz CT molecular complexity index is 564. The highest BCUT2D eigenvalue weighted by molar-refractivity contribution is 7.98. The Morgan fingerprint density at radius 1 is 1.37 bits per heavy atom. The fourth-order valence-corrected chi connectivity index (χ4v) is 2.11. The van der Waals surface area contributed by atoms with Crippen LogP contribution in [-0.4, -0.2) is 39.3 Å². The van der Waals surface area contributed by atoms with Crippen molar-refractivity contribution in [3.05, 3.63) is 41.5 Å². The minimum Gasteiger partial charge on any atom is -0.334 e. The fraction of sp³-hybridized carbons (Fsp3) is 0.308. The van der Waals surface area contributed by atoms with E-state index >= 15 is 0 Å². The van der Waals surface area contributed by atoms with Crippen LogP contribution in [0.5, 0.6) is 0 Å². The predicted molar refractivity (Wildman–Crippen MR) is 75.1 cm³/mol. The van der Waals surface area contributed by atoms with Crippen LogP contribution in [0.15, 0.2) is 29.2 Å². The zero-order valence-electron chi connectivity index (χ0n) is 11.2. The maximum absolute atomic E-state index is 12.2. The second kappa shape index (κ2) is 5.88. The molecular weight excluding hydrogens is 260 g/mol. The van der Waals surface area contributed by atoms with Crippen molar-refractivity contribution in [2.24, 2.45) is 0 Å². The van der Waals surface area contributed by atoms with Crippen LogP contribution in [0.3, 0.4) is 0 Å². The molecule has 0 saturated carbocycles. The number of benzene rings is 1. The van der Waals surface area contributed by atoms with Crippen molar-refractivity contribution in [1.82, 2.24) is 20.1 Å². The molecular formula is C13H16N4OS. The first-order chi connectivity index (χ1) is 9.10. The summed E-state index contributed by atoms with van der Waals surface area (Å²) in [6.07, 6.45) is 2.01. The summed E-state index contributed by atoms with van der Waals surface area (Å²) in [5.74, 6) is 1.34. The van der Waals surface area contributed by atoms with Gasteiger partial charge in [0.25, 0.3) is 5.91 Å². The third kappa shape index (κ3) is 3.35. The van der Waals surface area contributed by atoms with E-state index in [-0.39, 0.29) is 5.91 Å². The summed E-state index contributed by atoms with van der Waals surface area (Å²) in [4.78, 5) is 19.1. The number of carbonyl (C=O) groups is 1. The third-order valence-corrected chi connectivity index (χ3v) is 3.45. The average molecular weight is 276 g/mol. The van der Waals surface area contributed by atoms with Crippen LogP contribution in [-0.2, 0) is 6.54 Å². The molecule has 0 aliphatic heterocycles. The van der Waals surface area contributed by atoms with Gasteiger partial charge in [0, 0.05) is 17.5 Å². The van der Waals surface area contributed by atoms with Crippen molar-refractivity contribution in [1.29, 1.82) is 0 Å². The van der Waals surface area contributed by atoms with Crippen LogP contribution >= 0.6 is 11.8 Å². The zero-order valence-corrected chi connectivity index (χ0v) is 12.0. The maximum atomic E-state index is 12.2. The third-order valence-electron chi connectivity index (χ3n) is 2.71. The minimum absolute atomic E-state index is 0.0323. The van der Waals surface area contributed by atoms with E-state index in [0.717, 1.165) is 10.7 Å². The first-order valence-electron chi connectivity index (χ1n) is 5.87. The molecule has 5 nitrogen and oxygen atoms in total. The molecule has 1 aromatic carbocycles. The number of amides is 1.